The van der Waals surface area contributed by atoms with Gasteiger partial charge in [-0.05, 0) is 18.9 Å². The number of nitrogens with zero attached hydrogens (tertiary/aromatic N) is 2. The molecule has 0 aromatic carbocycles. The summed E-state index contributed by atoms with van der Waals surface area (Å²) in [5.41, 5.74) is -0.946. The van der Waals surface area contributed by atoms with Gasteiger partial charge < -0.3 is 10.0 Å². The summed E-state index contributed by atoms with van der Waals surface area (Å²) >= 11 is 5.89. The van der Waals surface area contributed by atoms with Crippen LogP contribution in [0.25, 0.3) is 0 Å². The van der Waals surface area contributed by atoms with Gasteiger partial charge in [0.2, 0.25) is 0 Å². The van der Waals surface area contributed by atoms with Crippen LogP contribution in [0.1, 0.15) is 31.2 Å². The fourth-order valence-electron chi connectivity index (χ4n) is 2.54. The fraction of sp³-hybridized carbons (Fsp3) is 0.538. The highest BCUT2D eigenvalue weighted by Crippen LogP contribution is 2.35. The molecule has 2 rings (SSSR count). The first-order chi connectivity index (χ1) is 9.79. The van der Waals surface area contributed by atoms with Crippen LogP contribution in [0, 0.1) is 0 Å². The van der Waals surface area contributed by atoms with Gasteiger partial charge in [0.1, 0.15) is 12.4 Å². The molecule has 1 aromatic heterocycles. The minimum Gasteiger partial charge on any atom is -0.480 e. The van der Waals surface area contributed by atoms with Crippen molar-refractivity contribution < 1.29 is 23.1 Å². The molecule has 116 valence electrons. The van der Waals surface area contributed by atoms with Gasteiger partial charge in [0.25, 0.3) is 0 Å². The summed E-state index contributed by atoms with van der Waals surface area (Å²) in [6.07, 6.45) is -0.359. The van der Waals surface area contributed by atoms with E-state index in [-0.39, 0.29) is 23.4 Å². The third-order valence-electron chi connectivity index (χ3n) is 3.49. The van der Waals surface area contributed by atoms with Gasteiger partial charge in [0.15, 0.2) is 0 Å². The highest BCUT2D eigenvalue weighted by atomic mass is 35.5. The van der Waals surface area contributed by atoms with Gasteiger partial charge in [0, 0.05) is 12.2 Å². The molecule has 0 atom stereocenters. The van der Waals surface area contributed by atoms with Crippen molar-refractivity contribution in [2.45, 2.75) is 37.9 Å². The summed E-state index contributed by atoms with van der Waals surface area (Å²) in [7, 11) is 0. The largest absolute Gasteiger partial charge is 0.480 e. The predicted molar refractivity (Wildman–Crippen MR) is 71.5 cm³/mol. The summed E-state index contributed by atoms with van der Waals surface area (Å²) in [4.78, 5) is 16.2. The van der Waals surface area contributed by atoms with Gasteiger partial charge in [-0.25, -0.2) is 4.98 Å². The van der Waals surface area contributed by atoms with Crippen molar-refractivity contribution in [2.75, 3.05) is 11.4 Å². The number of carbonyl (C=O) groups is 1. The Morgan fingerprint density at radius 3 is 2.52 bits per heavy atom. The molecule has 1 heterocycles. The quantitative estimate of drug-likeness (QED) is 0.920. The Balaban J connectivity index is 2.33. The van der Waals surface area contributed by atoms with Crippen LogP contribution in [0.3, 0.4) is 0 Å². The Morgan fingerprint density at radius 2 is 2.05 bits per heavy atom. The average molecular weight is 323 g/mol. The van der Waals surface area contributed by atoms with Crippen LogP contribution < -0.4 is 4.90 Å². The number of hydrogen-bond donors (Lipinski definition) is 1. The lowest BCUT2D eigenvalue weighted by Gasteiger charge is -2.29. The van der Waals surface area contributed by atoms with Crippen molar-refractivity contribution >= 4 is 23.4 Å². The number of alkyl halides is 3. The molecule has 1 aliphatic rings. The van der Waals surface area contributed by atoms with Crippen LogP contribution in [-0.4, -0.2) is 28.6 Å². The third kappa shape index (κ3) is 3.78. The van der Waals surface area contributed by atoms with E-state index in [0.29, 0.717) is 6.20 Å². The molecule has 1 aromatic rings. The van der Waals surface area contributed by atoms with E-state index in [2.05, 4.69) is 4.98 Å². The molecule has 0 unspecified atom stereocenters. The number of hydrogen-bond acceptors (Lipinski definition) is 3. The van der Waals surface area contributed by atoms with E-state index < -0.39 is 17.7 Å². The van der Waals surface area contributed by atoms with E-state index in [9.17, 15) is 18.0 Å². The molecule has 0 radical (unpaired) electrons. The van der Waals surface area contributed by atoms with Crippen molar-refractivity contribution in [2.24, 2.45) is 0 Å². The number of rotatable bonds is 4. The molecule has 0 bridgehead atoms. The van der Waals surface area contributed by atoms with Gasteiger partial charge in [-0.1, -0.05) is 24.4 Å². The number of anilines is 1. The smallest absolute Gasteiger partial charge is 0.417 e. The van der Waals surface area contributed by atoms with E-state index in [1.165, 1.54) is 4.90 Å². The number of pyridine rings is 1. The summed E-state index contributed by atoms with van der Waals surface area (Å²) in [6, 6.07) is 0.732. The van der Waals surface area contributed by atoms with E-state index in [1.54, 1.807) is 0 Å². The second kappa shape index (κ2) is 6.09. The summed E-state index contributed by atoms with van der Waals surface area (Å²) < 4.78 is 37.8. The van der Waals surface area contributed by atoms with Crippen LogP contribution in [0.5, 0.6) is 0 Å². The molecule has 0 saturated heterocycles. The molecule has 1 aliphatic carbocycles. The van der Waals surface area contributed by atoms with Crippen LogP contribution in [0.4, 0.5) is 19.0 Å². The topological polar surface area (TPSA) is 53.4 Å². The van der Waals surface area contributed by atoms with Crippen LogP contribution in [0.15, 0.2) is 12.3 Å². The SMILES string of the molecule is O=C(O)CN(c1ncc(C(F)(F)F)cc1Cl)C1CCCC1. The molecule has 1 saturated carbocycles. The van der Waals surface area contributed by atoms with Crippen molar-refractivity contribution in [3.05, 3.63) is 22.8 Å². The molecular formula is C13H14ClF3N2O2. The summed E-state index contributed by atoms with van der Waals surface area (Å²) in [6.45, 7) is -0.331. The fourth-order valence-corrected chi connectivity index (χ4v) is 2.81. The van der Waals surface area contributed by atoms with E-state index in [1.807, 2.05) is 0 Å². The lowest BCUT2D eigenvalue weighted by Crippen LogP contribution is -2.38. The lowest BCUT2D eigenvalue weighted by atomic mass is 10.2. The lowest BCUT2D eigenvalue weighted by molar-refractivity contribution is -0.138. The first kappa shape index (κ1) is 15.9. The molecular weight excluding hydrogens is 309 g/mol. The number of carboxylic acids is 1. The maximum absolute atomic E-state index is 12.6. The average Bonchev–Trinajstić information content (AvgIpc) is 2.88. The van der Waals surface area contributed by atoms with Crippen LogP contribution in [-0.2, 0) is 11.0 Å². The molecule has 21 heavy (non-hydrogen) atoms. The van der Waals surface area contributed by atoms with E-state index >= 15 is 0 Å². The normalized spacial score (nSPS) is 16.2. The second-order valence-electron chi connectivity index (χ2n) is 4.99. The van der Waals surface area contributed by atoms with Gasteiger partial charge in [-0.3, -0.25) is 4.79 Å². The van der Waals surface area contributed by atoms with E-state index in [4.69, 9.17) is 16.7 Å². The molecule has 0 spiro atoms. The minimum absolute atomic E-state index is 0.0529. The van der Waals surface area contributed by atoms with Crippen LogP contribution >= 0.6 is 11.6 Å². The van der Waals surface area contributed by atoms with Crippen molar-refractivity contribution in [1.82, 2.24) is 4.98 Å². The number of halogens is 4. The van der Waals surface area contributed by atoms with Gasteiger partial charge >= 0.3 is 12.1 Å². The summed E-state index contributed by atoms with van der Waals surface area (Å²) in [5.74, 6) is -0.973. The molecule has 0 aliphatic heterocycles. The minimum atomic E-state index is -4.53. The third-order valence-corrected chi connectivity index (χ3v) is 3.77. The van der Waals surface area contributed by atoms with Gasteiger partial charge in [-0.2, -0.15) is 13.2 Å². The zero-order chi connectivity index (χ0) is 15.6. The highest BCUT2D eigenvalue weighted by Gasteiger charge is 2.33. The molecule has 4 nitrogen and oxygen atoms in total. The maximum Gasteiger partial charge on any atom is 0.417 e. The van der Waals surface area contributed by atoms with Crippen molar-refractivity contribution in [3.63, 3.8) is 0 Å². The van der Waals surface area contributed by atoms with E-state index in [0.717, 1.165) is 31.7 Å². The Kier molecular flexibility index (Phi) is 4.61. The zero-order valence-electron chi connectivity index (χ0n) is 11.0. The first-order valence-electron chi connectivity index (χ1n) is 6.50. The number of aromatic nitrogens is 1. The highest BCUT2D eigenvalue weighted by molar-refractivity contribution is 6.33. The Hall–Kier alpha value is -1.50. The molecule has 8 heteroatoms. The first-order valence-corrected chi connectivity index (χ1v) is 6.88. The predicted octanol–water partition coefficient (Wildman–Crippen LogP) is 3.59. The molecule has 1 fully saturated rings. The zero-order valence-corrected chi connectivity index (χ0v) is 11.8. The molecule has 1 N–H and O–H groups in total. The van der Waals surface area contributed by atoms with Gasteiger partial charge in [-0.15, -0.1) is 0 Å². The monoisotopic (exact) mass is 322 g/mol. The second-order valence-corrected chi connectivity index (χ2v) is 5.39. The van der Waals surface area contributed by atoms with Crippen LogP contribution in [0.2, 0.25) is 5.02 Å². The Morgan fingerprint density at radius 1 is 1.43 bits per heavy atom. The van der Waals surface area contributed by atoms with Crippen molar-refractivity contribution in [1.29, 1.82) is 0 Å². The maximum atomic E-state index is 12.6. The van der Waals surface area contributed by atoms with Gasteiger partial charge in [0.05, 0.1) is 10.6 Å². The standard InChI is InChI=1S/C13H14ClF3N2O2/c14-10-5-8(13(15,16)17)6-18-12(10)19(7-11(20)21)9-3-1-2-4-9/h5-6,9H,1-4,7H2,(H,20,21). The molecule has 0 amide bonds. The number of aliphatic carboxylic acids is 1. The number of carboxylic acid groups (broad SMARTS) is 1. The Bertz CT molecular complexity index is 531. The summed E-state index contributed by atoms with van der Waals surface area (Å²) in [5, 5.41) is 8.81. The Labute approximate surface area is 124 Å². The van der Waals surface area contributed by atoms with Crippen molar-refractivity contribution in [3.8, 4) is 0 Å².